The average molecular weight is 417 g/mol. The molecule has 2 rings (SSSR count). The molecule has 1 aromatic heterocycles. The third kappa shape index (κ3) is 4.14. The highest BCUT2D eigenvalue weighted by molar-refractivity contribution is 14.1. The fraction of sp³-hybridized carbons (Fsp3) is 0.154. The van der Waals surface area contributed by atoms with Crippen molar-refractivity contribution in [3.63, 3.8) is 0 Å². The van der Waals surface area contributed by atoms with Crippen LogP contribution in [0.15, 0.2) is 23.7 Å². The van der Waals surface area contributed by atoms with Gasteiger partial charge in [0.25, 0.3) is 0 Å². The number of halogens is 1. The van der Waals surface area contributed by atoms with Gasteiger partial charge in [-0.1, -0.05) is 0 Å². The zero-order valence-electron chi connectivity index (χ0n) is 11.0. The molecule has 2 amide bonds. The number of urea groups is 1. The van der Waals surface area contributed by atoms with Gasteiger partial charge in [-0.2, -0.15) is 0 Å². The SMILES string of the molecule is Cc1ncsc1CNC(=O)Nc1ccc(I)cc1C(=O)O. The molecule has 3 N–H and O–H groups in total. The number of rotatable bonds is 4. The number of aromatic nitrogens is 1. The molecule has 0 saturated carbocycles. The van der Waals surface area contributed by atoms with Gasteiger partial charge in [0.15, 0.2) is 0 Å². The zero-order chi connectivity index (χ0) is 15.4. The summed E-state index contributed by atoms with van der Waals surface area (Å²) in [5, 5.41) is 14.4. The van der Waals surface area contributed by atoms with Crippen LogP contribution in [0, 0.1) is 10.5 Å². The Morgan fingerprint density at radius 2 is 2.19 bits per heavy atom. The number of nitrogens with one attached hydrogen (secondary N) is 2. The van der Waals surface area contributed by atoms with E-state index in [1.807, 2.05) is 29.5 Å². The van der Waals surface area contributed by atoms with E-state index in [0.29, 0.717) is 6.54 Å². The molecule has 0 saturated heterocycles. The van der Waals surface area contributed by atoms with Crippen LogP contribution in [0.1, 0.15) is 20.9 Å². The number of thiazole rings is 1. The normalized spacial score (nSPS) is 10.2. The maximum absolute atomic E-state index is 11.8. The van der Waals surface area contributed by atoms with Crippen molar-refractivity contribution >= 4 is 51.6 Å². The van der Waals surface area contributed by atoms with E-state index in [2.05, 4.69) is 15.6 Å². The molecule has 110 valence electrons. The summed E-state index contributed by atoms with van der Waals surface area (Å²) in [6.45, 7) is 2.22. The quantitative estimate of drug-likeness (QED) is 0.667. The monoisotopic (exact) mass is 417 g/mol. The molecule has 0 radical (unpaired) electrons. The van der Waals surface area contributed by atoms with Crippen LogP contribution >= 0.6 is 33.9 Å². The highest BCUT2D eigenvalue weighted by Gasteiger charge is 2.13. The summed E-state index contributed by atoms with van der Waals surface area (Å²) in [7, 11) is 0. The molecule has 0 aliphatic carbocycles. The maximum Gasteiger partial charge on any atom is 0.337 e. The van der Waals surface area contributed by atoms with Crippen LogP contribution in [-0.2, 0) is 6.54 Å². The van der Waals surface area contributed by atoms with Gasteiger partial charge in [-0.25, -0.2) is 14.6 Å². The molecule has 0 spiro atoms. The molecule has 2 aromatic rings. The number of hydrogen-bond donors (Lipinski definition) is 3. The van der Waals surface area contributed by atoms with E-state index in [-0.39, 0.29) is 11.3 Å². The Morgan fingerprint density at radius 1 is 1.43 bits per heavy atom. The first kappa shape index (κ1) is 15.7. The van der Waals surface area contributed by atoms with Crippen molar-refractivity contribution in [3.05, 3.63) is 43.4 Å². The van der Waals surface area contributed by atoms with Gasteiger partial charge in [0.1, 0.15) is 0 Å². The summed E-state index contributed by atoms with van der Waals surface area (Å²) in [5.41, 5.74) is 2.92. The summed E-state index contributed by atoms with van der Waals surface area (Å²) in [4.78, 5) is 28.1. The lowest BCUT2D eigenvalue weighted by Gasteiger charge is -2.10. The van der Waals surface area contributed by atoms with Crippen molar-refractivity contribution in [2.75, 3.05) is 5.32 Å². The number of carboxylic acid groups (broad SMARTS) is 1. The molecule has 0 aliphatic rings. The second kappa shape index (κ2) is 6.85. The summed E-state index contributed by atoms with van der Waals surface area (Å²) in [6, 6.07) is 4.36. The third-order valence-electron chi connectivity index (χ3n) is 2.71. The first-order valence-corrected chi connectivity index (χ1v) is 7.90. The molecule has 1 aromatic carbocycles. The predicted molar refractivity (Wildman–Crippen MR) is 88.8 cm³/mol. The van der Waals surface area contributed by atoms with Gasteiger partial charge in [0, 0.05) is 8.45 Å². The van der Waals surface area contributed by atoms with E-state index < -0.39 is 12.0 Å². The van der Waals surface area contributed by atoms with E-state index in [4.69, 9.17) is 5.11 Å². The molecule has 0 fully saturated rings. The van der Waals surface area contributed by atoms with Crippen LogP contribution in [0.5, 0.6) is 0 Å². The second-order valence-corrected chi connectivity index (χ2v) is 6.35. The van der Waals surface area contributed by atoms with E-state index in [9.17, 15) is 9.59 Å². The summed E-state index contributed by atoms with van der Waals surface area (Å²) >= 11 is 3.48. The van der Waals surface area contributed by atoms with Gasteiger partial charge >= 0.3 is 12.0 Å². The predicted octanol–water partition coefficient (Wildman–Crippen LogP) is 3.08. The fourth-order valence-corrected chi connectivity index (χ4v) is 2.83. The Kier molecular flexibility index (Phi) is 5.12. The van der Waals surface area contributed by atoms with Crippen molar-refractivity contribution in [3.8, 4) is 0 Å². The Labute approximate surface area is 138 Å². The largest absolute Gasteiger partial charge is 0.478 e. The molecular weight excluding hydrogens is 405 g/mol. The minimum absolute atomic E-state index is 0.0611. The number of aryl methyl sites for hydroxylation is 1. The third-order valence-corrected chi connectivity index (χ3v) is 4.32. The number of aromatic carboxylic acids is 1. The van der Waals surface area contributed by atoms with Crippen molar-refractivity contribution in [2.24, 2.45) is 0 Å². The molecular formula is C13H12IN3O3S. The molecule has 21 heavy (non-hydrogen) atoms. The van der Waals surface area contributed by atoms with Gasteiger partial charge in [-0.05, 0) is 47.7 Å². The van der Waals surface area contributed by atoms with Crippen LogP contribution in [0.25, 0.3) is 0 Å². The van der Waals surface area contributed by atoms with Crippen LogP contribution in [0.3, 0.4) is 0 Å². The summed E-state index contributed by atoms with van der Waals surface area (Å²) < 4.78 is 0.788. The van der Waals surface area contributed by atoms with Crippen molar-refractivity contribution in [2.45, 2.75) is 13.5 Å². The molecule has 0 aliphatic heterocycles. The van der Waals surface area contributed by atoms with Crippen molar-refractivity contribution in [1.29, 1.82) is 0 Å². The van der Waals surface area contributed by atoms with Crippen LogP contribution in [-0.4, -0.2) is 22.1 Å². The molecule has 6 nitrogen and oxygen atoms in total. The smallest absolute Gasteiger partial charge is 0.337 e. The Bertz CT molecular complexity index is 687. The van der Waals surface area contributed by atoms with E-state index in [1.54, 1.807) is 17.6 Å². The Hall–Kier alpha value is -1.68. The second-order valence-electron chi connectivity index (χ2n) is 4.16. The number of amides is 2. The first-order chi connectivity index (χ1) is 9.97. The molecule has 1 heterocycles. The Balaban J connectivity index is 2.03. The average Bonchev–Trinajstić information content (AvgIpc) is 2.84. The number of hydrogen-bond acceptors (Lipinski definition) is 4. The van der Waals surface area contributed by atoms with Gasteiger partial charge in [0.05, 0.1) is 29.0 Å². The van der Waals surface area contributed by atoms with Crippen molar-refractivity contribution in [1.82, 2.24) is 10.3 Å². The number of carbonyl (C=O) groups is 2. The van der Waals surface area contributed by atoms with Gasteiger partial charge in [-0.15, -0.1) is 11.3 Å². The lowest BCUT2D eigenvalue weighted by atomic mass is 10.2. The van der Waals surface area contributed by atoms with Crippen LogP contribution in [0.4, 0.5) is 10.5 Å². The van der Waals surface area contributed by atoms with Gasteiger partial charge in [0.2, 0.25) is 0 Å². The Morgan fingerprint density at radius 3 is 2.81 bits per heavy atom. The van der Waals surface area contributed by atoms with Gasteiger partial charge in [-0.3, -0.25) is 0 Å². The molecule has 0 bridgehead atoms. The standard InChI is InChI=1S/C13H12IN3O3S/c1-7-11(21-6-16-7)5-15-13(20)17-10-3-2-8(14)4-9(10)12(18)19/h2-4,6H,5H2,1H3,(H,18,19)(H2,15,17,20). The van der Waals surface area contributed by atoms with E-state index >= 15 is 0 Å². The fourth-order valence-electron chi connectivity index (χ4n) is 1.63. The minimum Gasteiger partial charge on any atom is -0.478 e. The molecule has 0 atom stereocenters. The number of carboxylic acids is 1. The summed E-state index contributed by atoms with van der Waals surface area (Å²) in [5.74, 6) is -1.08. The van der Waals surface area contributed by atoms with Crippen LogP contribution < -0.4 is 10.6 Å². The number of nitrogens with zero attached hydrogens (tertiary/aromatic N) is 1. The lowest BCUT2D eigenvalue weighted by molar-refractivity contribution is 0.0698. The molecule has 8 heteroatoms. The minimum atomic E-state index is -1.08. The molecule has 0 unspecified atom stereocenters. The van der Waals surface area contributed by atoms with Gasteiger partial charge < -0.3 is 15.7 Å². The van der Waals surface area contributed by atoms with E-state index in [1.165, 1.54) is 17.4 Å². The van der Waals surface area contributed by atoms with Crippen molar-refractivity contribution < 1.29 is 14.7 Å². The zero-order valence-corrected chi connectivity index (χ0v) is 14.0. The topological polar surface area (TPSA) is 91.3 Å². The first-order valence-electron chi connectivity index (χ1n) is 5.94. The number of anilines is 1. The highest BCUT2D eigenvalue weighted by atomic mass is 127. The number of carbonyl (C=O) groups excluding carboxylic acids is 1. The highest BCUT2D eigenvalue weighted by Crippen LogP contribution is 2.19. The lowest BCUT2D eigenvalue weighted by Crippen LogP contribution is -2.28. The van der Waals surface area contributed by atoms with Crippen LogP contribution in [0.2, 0.25) is 0 Å². The maximum atomic E-state index is 11.8. The van der Waals surface area contributed by atoms with E-state index in [0.717, 1.165) is 14.1 Å². The summed E-state index contributed by atoms with van der Waals surface area (Å²) in [6.07, 6.45) is 0. The number of benzene rings is 1.